The number of likely N-dealkylation sites (tertiary alicyclic amines) is 1. The summed E-state index contributed by atoms with van der Waals surface area (Å²) in [6, 6.07) is 1.52. The molecule has 2 N–H and O–H groups in total. The first-order valence-electron chi connectivity index (χ1n) is 7.24. The Kier molecular flexibility index (Phi) is 4.44. The van der Waals surface area contributed by atoms with Crippen LogP contribution in [-0.2, 0) is 11.3 Å². The van der Waals surface area contributed by atoms with Crippen LogP contribution in [0.15, 0.2) is 12.3 Å². The van der Waals surface area contributed by atoms with E-state index >= 15 is 0 Å². The van der Waals surface area contributed by atoms with Gasteiger partial charge in [-0.25, -0.2) is 4.98 Å². The van der Waals surface area contributed by atoms with Crippen LogP contribution in [0.5, 0.6) is 0 Å². The molecule has 118 valence electrons. The van der Waals surface area contributed by atoms with Crippen LogP contribution in [0.2, 0.25) is 5.02 Å². The Balaban J connectivity index is 1.82. The normalized spacial score (nSPS) is 18.6. The maximum atomic E-state index is 12.7. The predicted molar refractivity (Wildman–Crippen MR) is 80.5 cm³/mol. The van der Waals surface area contributed by atoms with Crippen LogP contribution in [-0.4, -0.2) is 44.6 Å². The fourth-order valence-electron chi connectivity index (χ4n) is 2.75. The average molecular weight is 324 g/mol. The van der Waals surface area contributed by atoms with Crippen LogP contribution in [0.4, 0.5) is 0 Å². The van der Waals surface area contributed by atoms with E-state index in [1.807, 2.05) is 4.90 Å². The molecule has 1 amide bonds. The quantitative estimate of drug-likeness (QED) is 0.903. The SMILES string of the molecule is COCc1nc([C@@H]2CCCCN2C(=O)c2cc(Cl)c[nH]2)n[nH]1. The lowest BCUT2D eigenvalue weighted by molar-refractivity contribution is 0.0594. The summed E-state index contributed by atoms with van der Waals surface area (Å²) in [5.41, 5.74) is 0.490. The molecule has 0 aromatic carbocycles. The molecule has 0 aliphatic carbocycles. The van der Waals surface area contributed by atoms with Gasteiger partial charge in [0.25, 0.3) is 5.91 Å². The number of rotatable bonds is 4. The number of ether oxygens (including phenoxy) is 1. The monoisotopic (exact) mass is 323 g/mol. The molecule has 3 heterocycles. The number of carbonyl (C=O) groups excluding carboxylic acids is 1. The highest BCUT2D eigenvalue weighted by Crippen LogP contribution is 2.30. The predicted octanol–water partition coefficient (Wildman–Crippen LogP) is 2.30. The van der Waals surface area contributed by atoms with Crippen LogP contribution in [0, 0.1) is 0 Å². The Morgan fingerprint density at radius 1 is 1.55 bits per heavy atom. The van der Waals surface area contributed by atoms with E-state index in [2.05, 4.69) is 20.2 Å². The summed E-state index contributed by atoms with van der Waals surface area (Å²) >= 11 is 5.89. The molecule has 1 aliphatic rings. The van der Waals surface area contributed by atoms with Gasteiger partial charge in [-0.3, -0.25) is 9.89 Å². The third kappa shape index (κ3) is 3.00. The number of nitrogens with zero attached hydrogens (tertiary/aromatic N) is 3. The van der Waals surface area contributed by atoms with Gasteiger partial charge in [-0.15, -0.1) is 0 Å². The number of carbonyl (C=O) groups is 1. The van der Waals surface area contributed by atoms with E-state index in [0.29, 0.717) is 35.5 Å². The van der Waals surface area contributed by atoms with Crippen LogP contribution in [0.3, 0.4) is 0 Å². The van der Waals surface area contributed by atoms with Gasteiger partial charge in [-0.05, 0) is 25.3 Å². The first-order valence-corrected chi connectivity index (χ1v) is 7.62. The molecule has 0 unspecified atom stereocenters. The van der Waals surface area contributed by atoms with Crippen LogP contribution < -0.4 is 0 Å². The zero-order valence-electron chi connectivity index (χ0n) is 12.3. The molecule has 7 nitrogen and oxygen atoms in total. The van der Waals surface area contributed by atoms with Gasteiger partial charge in [0.2, 0.25) is 0 Å². The van der Waals surface area contributed by atoms with E-state index < -0.39 is 0 Å². The Labute approximate surface area is 133 Å². The highest BCUT2D eigenvalue weighted by atomic mass is 35.5. The van der Waals surface area contributed by atoms with E-state index in [4.69, 9.17) is 16.3 Å². The minimum Gasteiger partial charge on any atom is -0.377 e. The summed E-state index contributed by atoms with van der Waals surface area (Å²) in [4.78, 5) is 21.8. The smallest absolute Gasteiger partial charge is 0.270 e. The van der Waals surface area contributed by atoms with E-state index in [-0.39, 0.29) is 11.9 Å². The Morgan fingerprint density at radius 2 is 2.41 bits per heavy atom. The molecule has 3 rings (SSSR count). The van der Waals surface area contributed by atoms with E-state index in [9.17, 15) is 4.79 Å². The Morgan fingerprint density at radius 3 is 3.14 bits per heavy atom. The molecule has 1 aliphatic heterocycles. The molecule has 8 heteroatoms. The van der Waals surface area contributed by atoms with Crippen molar-refractivity contribution in [1.29, 1.82) is 0 Å². The standard InChI is InChI=1S/C14H18ClN5O2/c1-22-8-12-17-13(19-18-12)11-4-2-3-5-20(11)14(21)10-6-9(15)7-16-10/h6-7,11,16H,2-5,8H2,1H3,(H,17,18,19)/t11-/m0/s1. The van der Waals surface area contributed by atoms with Gasteiger partial charge in [-0.1, -0.05) is 11.6 Å². The lowest BCUT2D eigenvalue weighted by Crippen LogP contribution is -2.39. The Bertz CT molecular complexity index is 653. The molecule has 0 spiro atoms. The largest absolute Gasteiger partial charge is 0.377 e. The number of H-pyrrole nitrogens is 2. The van der Waals surface area contributed by atoms with Gasteiger partial charge in [0.15, 0.2) is 11.6 Å². The zero-order chi connectivity index (χ0) is 15.5. The van der Waals surface area contributed by atoms with Crippen molar-refractivity contribution in [2.45, 2.75) is 31.9 Å². The van der Waals surface area contributed by atoms with Gasteiger partial charge in [0, 0.05) is 19.9 Å². The average Bonchev–Trinajstić information content (AvgIpc) is 3.16. The minimum absolute atomic E-state index is 0.0744. The zero-order valence-corrected chi connectivity index (χ0v) is 13.1. The van der Waals surface area contributed by atoms with E-state index in [1.54, 1.807) is 19.4 Å². The second kappa shape index (κ2) is 6.50. The van der Waals surface area contributed by atoms with Gasteiger partial charge in [0.05, 0.1) is 11.1 Å². The van der Waals surface area contributed by atoms with E-state index in [1.165, 1.54) is 0 Å². The van der Waals surface area contributed by atoms with Crippen molar-refractivity contribution in [3.05, 3.63) is 34.6 Å². The summed E-state index contributed by atoms with van der Waals surface area (Å²) in [5, 5.41) is 7.62. The molecule has 2 aromatic heterocycles. The number of nitrogens with one attached hydrogen (secondary N) is 2. The third-order valence-electron chi connectivity index (χ3n) is 3.77. The molecule has 1 atom stereocenters. The third-order valence-corrected chi connectivity index (χ3v) is 3.99. The second-order valence-electron chi connectivity index (χ2n) is 5.32. The lowest BCUT2D eigenvalue weighted by Gasteiger charge is -2.33. The lowest BCUT2D eigenvalue weighted by atomic mass is 10.0. The molecular weight excluding hydrogens is 306 g/mol. The number of aromatic amines is 2. The van der Waals surface area contributed by atoms with Gasteiger partial charge < -0.3 is 14.6 Å². The highest BCUT2D eigenvalue weighted by Gasteiger charge is 2.32. The number of halogens is 1. The number of hydrogen-bond acceptors (Lipinski definition) is 4. The van der Waals surface area contributed by atoms with Crippen molar-refractivity contribution in [1.82, 2.24) is 25.1 Å². The van der Waals surface area contributed by atoms with Gasteiger partial charge in [-0.2, -0.15) is 5.10 Å². The molecule has 0 bridgehead atoms. The van der Waals surface area contributed by atoms with Crippen molar-refractivity contribution in [3.8, 4) is 0 Å². The topological polar surface area (TPSA) is 86.9 Å². The van der Waals surface area contributed by atoms with E-state index in [0.717, 1.165) is 19.3 Å². The number of hydrogen-bond donors (Lipinski definition) is 2. The molecule has 1 saturated heterocycles. The Hall–Kier alpha value is -1.86. The first-order chi connectivity index (χ1) is 10.7. The highest BCUT2D eigenvalue weighted by molar-refractivity contribution is 6.30. The molecule has 1 fully saturated rings. The summed E-state index contributed by atoms with van der Waals surface area (Å²) in [5.74, 6) is 1.23. The van der Waals surface area contributed by atoms with Crippen molar-refractivity contribution >= 4 is 17.5 Å². The van der Waals surface area contributed by atoms with Crippen molar-refractivity contribution in [2.75, 3.05) is 13.7 Å². The van der Waals surface area contributed by atoms with Crippen molar-refractivity contribution in [3.63, 3.8) is 0 Å². The molecule has 0 saturated carbocycles. The van der Waals surface area contributed by atoms with Gasteiger partial charge in [0.1, 0.15) is 12.3 Å². The van der Waals surface area contributed by atoms with Crippen LogP contribution in [0.1, 0.15) is 47.4 Å². The number of amides is 1. The summed E-state index contributed by atoms with van der Waals surface area (Å²) in [6.07, 6.45) is 4.49. The van der Waals surface area contributed by atoms with Crippen LogP contribution >= 0.6 is 11.6 Å². The number of piperidine rings is 1. The maximum Gasteiger partial charge on any atom is 0.270 e. The first kappa shape index (κ1) is 15.1. The van der Waals surface area contributed by atoms with Crippen molar-refractivity contribution < 1.29 is 9.53 Å². The molecule has 22 heavy (non-hydrogen) atoms. The van der Waals surface area contributed by atoms with Gasteiger partial charge >= 0.3 is 0 Å². The minimum atomic E-state index is -0.120. The number of aromatic nitrogens is 4. The summed E-state index contributed by atoms with van der Waals surface area (Å²) < 4.78 is 5.04. The second-order valence-corrected chi connectivity index (χ2v) is 5.75. The number of methoxy groups -OCH3 is 1. The summed E-state index contributed by atoms with van der Waals surface area (Å²) in [7, 11) is 1.60. The maximum absolute atomic E-state index is 12.7. The van der Waals surface area contributed by atoms with Crippen molar-refractivity contribution in [2.24, 2.45) is 0 Å². The fourth-order valence-corrected chi connectivity index (χ4v) is 2.91. The molecule has 0 radical (unpaired) electrons. The van der Waals surface area contributed by atoms with Crippen LogP contribution in [0.25, 0.3) is 0 Å². The molecule has 2 aromatic rings. The summed E-state index contributed by atoms with van der Waals surface area (Å²) in [6.45, 7) is 1.06. The molecular formula is C14H18ClN5O2. The fraction of sp³-hybridized carbons (Fsp3) is 0.500.